The van der Waals surface area contributed by atoms with Crippen molar-refractivity contribution >= 4 is 15.9 Å². The second-order valence-corrected chi connectivity index (χ2v) is 6.83. The van der Waals surface area contributed by atoms with Gasteiger partial charge in [-0.25, -0.2) is 0 Å². The molecular formula is C17H26BrN. The van der Waals surface area contributed by atoms with Crippen LogP contribution in [-0.2, 0) is 0 Å². The highest BCUT2D eigenvalue weighted by molar-refractivity contribution is 9.10. The molecular weight excluding hydrogens is 298 g/mol. The van der Waals surface area contributed by atoms with Crippen molar-refractivity contribution in [1.29, 1.82) is 0 Å². The van der Waals surface area contributed by atoms with E-state index >= 15 is 0 Å². The Morgan fingerprint density at radius 1 is 1.26 bits per heavy atom. The van der Waals surface area contributed by atoms with Gasteiger partial charge in [0.25, 0.3) is 0 Å². The molecule has 1 saturated carbocycles. The molecule has 2 heteroatoms. The largest absolute Gasteiger partial charge is 0.313 e. The summed E-state index contributed by atoms with van der Waals surface area (Å²) in [7, 11) is 2.10. The highest BCUT2D eigenvalue weighted by atomic mass is 79.9. The van der Waals surface area contributed by atoms with Gasteiger partial charge in [0.05, 0.1) is 0 Å². The summed E-state index contributed by atoms with van der Waals surface area (Å²) in [5.74, 6) is 1.75. The Morgan fingerprint density at radius 2 is 1.95 bits per heavy atom. The zero-order valence-electron chi connectivity index (χ0n) is 12.4. The van der Waals surface area contributed by atoms with E-state index in [-0.39, 0.29) is 0 Å². The Kier molecular flexibility index (Phi) is 5.47. The standard InChI is InChI=1S/C17H26BrN/c1-4-13-6-8-14(9-7-13)17(19-3)15-10-5-12(2)11-16(15)18/h5,10-11,13-14,17,19H,4,6-9H2,1-3H3. The number of halogens is 1. The van der Waals surface area contributed by atoms with Crippen LogP contribution in [0, 0.1) is 18.8 Å². The number of benzene rings is 1. The van der Waals surface area contributed by atoms with Gasteiger partial charge in [-0.2, -0.15) is 0 Å². The van der Waals surface area contributed by atoms with E-state index in [1.807, 2.05) is 0 Å². The number of aryl methyl sites for hydroxylation is 1. The van der Waals surface area contributed by atoms with Crippen LogP contribution in [-0.4, -0.2) is 7.05 Å². The fourth-order valence-corrected chi connectivity index (χ4v) is 4.20. The van der Waals surface area contributed by atoms with Crippen LogP contribution in [0.25, 0.3) is 0 Å². The molecule has 0 heterocycles. The summed E-state index contributed by atoms with van der Waals surface area (Å²) < 4.78 is 1.25. The lowest BCUT2D eigenvalue weighted by atomic mass is 9.76. The van der Waals surface area contributed by atoms with E-state index in [0.29, 0.717) is 6.04 Å². The first-order chi connectivity index (χ1) is 9.15. The molecule has 0 aromatic heterocycles. The molecule has 1 nitrogen and oxygen atoms in total. The molecule has 1 aliphatic carbocycles. The molecule has 0 spiro atoms. The smallest absolute Gasteiger partial charge is 0.0357 e. The lowest BCUT2D eigenvalue weighted by molar-refractivity contribution is 0.224. The molecule has 0 radical (unpaired) electrons. The van der Waals surface area contributed by atoms with Gasteiger partial charge in [-0.3, -0.25) is 0 Å². The van der Waals surface area contributed by atoms with E-state index in [0.717, 1.165) is 11.8 Å². The van der Waals surface area contributed by atoms with Crippen molar-refractivity contribution in [1.82, 2.24) is 5.32 Å². The highest BCUT2D eigenvalue weighted by Crippen LogP contribution is 2.39. The number of rotatable bonds is 4. The summed E-state index contributed by atoms with van der Waals surface area (Å²) in [6.07, 6.45) is 6.89. The molecule has 0 bridgehead atoms. The molecule has 1 aromatic rings. The molecule has 2 rings (SSSR count). The average Bonchev–Trinajstić information content (AvgIpc) is 2.42. The summed E-state index contributed by atoms with van der Waals surface area (Å²) in [6.45, 7) is 4.48. The molecule has 0 saturated heterocycles. The first-order valence-corrected chi connectivity index (χ1v) is 8.38. The maximum atomic E-state index is 3.74. The predicted octanol–water partition coefficient (Wildman–Crippen LogP) is 5.23. The lowest BCUT2D eigenvalue weighted by Gasteiger charge is -2.34. The molecule has 0 amide bonds. The van der Waals surface area contributed by atoms with E-state index in [1.54, 1.807) is 0 Å². The summed E-state index contributed by atoms with van der Waals surface area (Å²) in [5, 5.41) is 3.55. The fraction of sp³-hybridized carbons (Fsp3) is 0.647. The van der Waals surface area contributed by atoms with Crippen molar-refractivity contribution in [2.75, 3.05) is 7.05 Å². The minimum atomic E-state index is 0.493. The number of nitrogens with one attached hydrogen (secondary N) is 1. The van der Waals surface area contributed by atoms with E-state index in [2.05, 4.69) is 60.3 Å². The summed E-state index contributed by atoms with van der Waals surface area (Å²) >= 11 is 3.74. The van der Waals surface area contributed by atoms with Gasteiger partial charge in [0.1, 0.15) is 0 Å². The summed E-state index contributed by atoms with van der Waals surface area (Å²) in [6, 6.07) is 7.24. The van der Waals surface area contributed by atoms with Gasteiger partial charge < -0.3 is 5.32 Å². The summed E-state index contributed by atoms with van der Waals surface area (Å²) in [5.41, 5.74) is 2.74. The maximum absolute atomic E-state index is 3.74. The van der Waals surface area contributed by atoms with E-state index in [4.69, 9.17) is 0 Å². The van der Waals surface area contributed by atoms with Crippen LogP contribution in [0.5, 0.6) is 0 Å². The van der Waals surface area contributed by atoms with Gasteiger partial charge in [0, 0.05) is 10.5 Å². The third kappa shape index (κ3) is 3.61. The molecule has 1 fully saturated rings. The molecule has 1 aromatic carbocycles. The molecule has 0 aliphatic heterocycles. The molecule has 19 heavy (non-hydrogen) atoms. The van der Waals surface area contributed by atoms with Crippen LogP contribution < -0.4 is 5.32 Å². The van der Waals surface area contributed by atoms with Crippen molar-refractivity contribution in [2.24, 2.45) is 11.8 Å². The zero-order chi connectivity index (χ0) is 13.8. The third-order valence-electron chi connectivity index (χ3n) is 4.74. The Morgan fingerprint density at radius 3 is 2.47 bits per heavy atom. The Labute approximate surface area is 126 Å². The van der Waals surface area contributed by atoms with E-state index in [9.17, 15) is 0 Å². The second-order valence-electron chi connectivity index (χ2n) is 5.98. The predicted molar refractivity (Wildman–Crippen MR) is 86.4 cm³/mol. The fourth-order valence-electron chi connectivity index (χ4n) is 3.46. The second kappa shape index (κ2) is 6.90. The first kappa shape index (κ1) is 15.1. The van der Waals surface area contributed by atoms with Gasteiger partial charge in [-0.05, 0) is 55.8 Å². The van der Waals surface area contributed by atoms with E-state index in [1.165, 1.54) is 47.7 Å². The van der Waals surface area contributed by atoms with Crippen LogP contribution in [0.3, 0.4) is 0 Å². The van der Waals surface area contributed by atoms with Crippen molar-refractivity contribution in [2.45, 2.75) is 52.0 Å². The minimum Gasteiger partial charge on any atom is -0.313 e. The van der Waals surface area contributed by atoms with Crippen molar-refractivity contribution < 1.29 is 0 Å². The third-order valence-corrected chi connectivity index (χ3v) is 5.43. The SMILES string of the molecule is CCC1CCC(C(NC)c2ccc(C)cc2Br)CC1. The summed E-state index contributed by atoms with van der Waals surface area (Å²) in [4.78, 5) is 0. The van der Waals surface area contributed by atoms with E-state index < -0.39 is 0 Å². The van der Waals surface area contributed by atoms with Gasteiger partial charge in [-0.1, -0.05) is 54.2 Å². The Bertz CT molecular complexity index is 408. The van der Waals surface area contributed by atoms with Crippen LogP contribution in [0.4, 0.5) is 0 Å². The lowest BCUT2D eigenvalue weighted by Crippen LogP contribution is -2.29. The quantitative estimate of drug-likeness (QED) is 0.799. The zero-order valence-corrected chi connectivity index (χ0v) is 14.0. The van der Waals surface area contributed by atoms with Crippen LogP contribution >= 0.6 is 15.9 Å². The molecule has 106 valence electrons. The van der Waals surface area contributed by atoms with Crippen molar-refractivity contribution in [3.8, 4) is 0 Å². The molecule has 1 atom stereocenters. The minimum absolute atomic E-state index is 0.493. The van der Waals surface area contributed by atoms with Gasteiger partial charge >= 0.3 is 0 Å². The normalized spacial score (nSPS) is 25.3. The number of hydrogen-bond donors (Lipinski definition) is 1. The van der Waals surface area contributed by atoms with Gasteiger partial charge in [-0.15, -0.1) is 0 Å². The topological polar surface area (TPSA) is 12.0 Å². The van der Waals surface area contributed by atoms with Gasteiger partial charge in [0.15, 0.2) is 0 Å². The Hall–Kier alpha value is -0.340. The average molecular weight is 324 g/mol. The molecule has 1 N–H and O–H groups in total. The first-order valence-electron chi connectivity index (χ1n) is 7.59. The van der Waals surface area contributed by atoms with Crippen LogP contribution in [0.15, 0.2) is 22.7 Å². The van der Waals surface area contributed by atoms with Gasteiger partial charge in [0.2, 0.25) is 0 Å². The monoisotopic (exact) mass is 323 g/mol. The van der Waals surface area contributed by atoms with Crippen LogP contribution in [0.2, 0.25) is 0 Å². The maximum Gasteiger partial charge on any atom is 0.0357 e. The number of hydrogen-bond acceptors (Lipinski definition) is 1. The molecule has 1 unspecified atom stereocenters. The molecule has 1 aliphatic rings. The van der Waals surface area contributed by atoms with Crippen LogP contribution in [0.1, 0.15) is 56.2 Å². The van der Waals surface area contributed by atoms with Crippen molar-refractivity contribution in [3.63, 3.8) is 0 Å². The highest BCUT2D eigenvalue weighted by Gasteiger charge is 2.28. The Balaban J connectivity index is 2.12. The van der Waals surface area contributed by atoms with Crippen molar-refractivity contribution in [3.05, 3.63) is 33.8 Å².